The van der Waals surface area contributed by atoms with Crippen molar-refractivity contribution in [2.75, 3.05) is 0 Å². The van der Waals surface area contributed by atoms with Crippen molar-refractivity contribution in [2.24, 2.45) is 0 Å². The van der Waals surface area contributed by atoms with E-state index in [9.17, 15) is 4.79 Å². The lowest BCUT2D eigenvalue weighted by molar-refractivity contribution is 0.0384. The summed E-state index contributed by atoms with van der Waals surface area (Å²) >= 11 is 6.71. The first-order chi connectivity index (χ1) is 5.61. The van der Waals surface area contributed by atoms with E-state index in [-0.39, 0.29) is 6.10 Å². The molecular formula is C7H8ClNO2S. The summed E-state index contributed by atoms with van der Waals surface area (Å²) < 4.78 is 8.68. The van der Waals surface area contributed by atoms with Crippen molar-refractivity contribution < 1.29 is 9.53 Å². The van der Waals surface area contributed by atoms with Crippen molar-refractivity contribution in [1.82, 2.24) is 4.37 Å². The molecule has 1 aromatic rings. The van der Waals surface area contributed by atoms with Crippen LogP contribution in [0.2, 0.25) is 5.02 Å². The third-order valence-corrected chi connectivity index (χ3v) is 2.23. The molecule has 1 rings (SSSR count). The molecule has 0 aliphatic rings. The van der Waals surface area contributed by atoms with Crippen molar-refractivity contribution >= 4 is 29.1 Å². The quantitative estimate of drug-likeness (QED) is 0.696. The fourth-order valence-electron chi connectivity index (χ4n) is 0.630. The van der Waals surface area contributed by atoms with Crippen molar-refractivity contribution in [3.8, 4) is 0 Å². The summed E-state index contributed by atoms with van der Waals surface area (Å²) in [6.07, 6.45) is 1.30. The van der Waals surface area contributed by atoms with Crippen LogP contribution >= 0.6 is 23.1 Å². The number of hydrogen-bond donors (Lipinski definition) is 0. The van der Waals surface area contributed by atoms with Gasteiger partial charge < -0.3 is 4.74 Å². The molecule has 5 heteroatoms. The van der Waals surface area contributed by atoms with E-state index in [1.54, 1.807) is 13.8 Å². The summed E-state index contributed by atoms with van der Waals surface area (Å²) in [6.45, 7) is 3.57. The second kappa shape index (κ2) is 3.87. The van der Waals surface area contributed by atoms with Gasteiger partial charge >= 0.3 is 5.97 Å². The Hall–Kier alpha value is -0.610. The van der Waals surface area contributed by atoms with E-state index in [0.717, 1.165) is 11.5 Å². The van der Waals surface area contributed by atoms with Gasteiger partial charge in [-0.05, 0) is 25.4 Å². The lowest BCUT2D eigenvalue weighted by Crippen LogP contribution is -2.10. The second-order valence-electron chi connectivity index (χ2n) is 2.46. The van der Waals surface area contributed by atoms with Crippen LogP contribution in [0.1, 0.15) is 23.5 Å². The zero-order valence-corrected chi connectivity index (χ0v) is 8.28. The molecule has 0 saturated heterocycles. The highest BCUT2D eigenvalue weighted by Gasteiger charge is 2.15. The molecule has 0 saturated carbocycles. The molecule has 0 bridgehead atoms. The maximum absolute atomic E-state index is 11.2. The van der Waals surface area contributed by atoms with Gasteiger partial charge in [-0.2, -0.15) is 4.37 Å². The summed E-state index contributed by atoms with van der Waals surface area (Å²) in [5, 5.41) is 0.352. The first-order valence-electron chi connectivity index (χ1n) is 3.42. The molecule has 0 radical (unpaired) electrons. The first-order valence-corrected chi connectivity index (χ1v) is 4.57. The molecule has 0 aliphatic heterocycles. The van der Waals surface area contributed by atoms with Crippen LogP contribution in [0.15, 0.2) is 6.20 Å². The largest absolute Gasteiger partial charge is 0.459 e. The number of halogens is 1. The topological polar surface area (TPSA) is 39.2 Å². The lowest BCUT2D eigenvalue weighted by Gasteiger charge is -2.05. The lowest BCUT2D eigenvalue weighted by atomic mass is 10.4. The van der Waals surface area contributed by atoms with E-state index >= 15 is 0 Å². The molecular weight excluding hydrogens is 198 g/mol. The Morgan fingerprint density at radius 2 is 2.42 bits per heavy atom. The molecule has 66 valence electrons. The predicted molar refractivity (Wildman–Crippen MR) is 47.7 cm³/mol. The molecule has 0 atom stereocenters. The Morgan fingerprint density at radius 1 is 1.75 bits per heavy atom. The third-order valence-electron chi connectivity index (χ3n) is 1.06. The fraction of sp³-hybridized carbons (Fsp3) is 0.429. The molecule has 0 aliphatic carbocycles. The van der Waals surface area contributed by atoms with E-state index in [0.29, 0.717) is 9.90 Å². The standard InChI is InChI=1S/C7H8ClNO2S/c1-4(2)11-7(10)6-5(8)3-9-12-6/h3-4H,1-2H3. The third kappa shape index (κ3) is 2.19. The van der Waals surface area contributed by atoms with Gasteiger partial charge in [0.1, 0.15) is 0 Å². The second-order valence-corrected chi connectivity index (χ2v) is 3.67. The average Bonchev–Trinajstić information content (AvgIpc) is 2.33. The van der Waals surface area contributed by atoms with Crippen molar-refractivity contribution in [2.45, 2.75) is 20.0 Å². The minimum Gasteiger partial charge on any atom is -0.459 e. The smallest absolute Gasteiger partial charge is 0.351 e. The summed E-state index contributed by atoms with van der Waals surface area (Å²) in [6, 6.07) is 0. The van der Waals surface area contributed by atoms with E-state index in [1.165, 1.54) is 6.20 Å². The van der Waals surface area contributed by atoms with E-state index in [2.05, 4.69) is 4.37 Å². The normalized spacial score (nSPS) is 10.3. The highest BCUT2D eigenvalue weighted by Crippen LogP contribution is 2.20. The number of carbonyl (C=O) groups excluding carboxylic acids is 1. The van der Waals surface area contributed by atoms with E-state index < -0.39 is 5.97 Å². The monoisotopic (exact) mass is 205 g/mol. The zero-order valence-electron chi connectivity index (χ0n) is 6.70. The maximum Gasteiger partial charge on any atom is 0.351 e. The van der Waals surface area contributed by atoms with Crippen LogP contribution in [0.3, 0.4) is 0 Å². The van der Waals surface area contributed by atoms with Gasteiger partial charge in [-0.1, -0.05) is 11.6 Å². The number of ether oxygens (including phenoxy) is 1. The molecule has 0 spiro atoms. The van der Waals surface area contributed by atoms with Gasteiger partial charge in [-0.25, -0.2) is 4.79 Å². The number of carbonyl (C=O) groups is 1. The fourth-order valence-corrected chi connectivity index (χ4v) is 1.44. The van der Waals surface area contributed by atoms with Crippen molar-refractivity contribution in [3.05, 3.63) is 16.1 Å². The Balaban J connectivity index is 2.72. The molecule has 0 N–H and O–H groups in total. The molecule has 3 nitrogen and oxygen atoms in total. The maximum atomic E-state index is 11.2. The Morgan fingerprint density at radius 3 is 2.83 bits per heavy atom. The van der Waals surface area contributed by atoms with Crippen LogP contribution in [0, 0.1) is 0 Å². The minimum atomic E-state index is -0.405. The van der Waals surface area contributed by atoms with Gasteiger partial charge in [0.15, 0.2) is 4.88 Å². The van der Waals surface area contributed by atoms with Gasteiger partial charge in [0, 0.05) is 0 Å². The van der Waals surface area contributed by atoms with Gasteiger partial charge in [0.05, 0.1) is 17.3 Å². The number of rotatable bonds is 2. The predicted octanol–water partition coefficient (Wildman–Crippen LogP) is 2.36. The van der Waals surface area contributed by atoms with Crippen LogP contribution in [-0.4, -0.2) is 16.4 Å². The van der Waals surface area contributed by atoms with Gasteiger partial charge in [0.25, 0.3) is 0 Å². The summed E-state index contributed by atoms with van der Waals surface area (Å²) in [5.74, 6) is -0.405. The van der Waals surface area contributed by atoms with E-state index in [4.69, 9.17) is 16.3 Å². The zero-order chi connectivity index (χ0) is 9.14. The molecule has 0 fully saturated rings. The van der Waals surface area contributed by atoms with Crippen LogP contribution in [0.4, 0.5) is 0 Å². The summed E-state index contributed by atoms with van der Waals surface area (Å²) in [5.41, 5.74) is 0. The van der Waals surface area contributed by atoms with E-state index in [1.807, 2.05) is 0 Å². The Bertz CT molecular complexity index is 285. The van der Waals surface area contributed by atoms with Crippen LogP contribution in [0.5, 0.6) is 0 Å². The van der Waals surface area contributed by atoms with Crippen molar-refractivity contribution in [1.29, 1.82) is 0 Å². The summed E-state index contributed by atoms with van der Waals surface area (Å²) in [7, 11) is 0. The van der Waals surface area contributed by atoms with Gasteiger partial charge in [-0.3, -0.25) is 0 Å². The molecule has 1 heterocycles. The molecule has 12 heavy (non-hydrogen) atoms. The highest BCUT2D eigenvalue weighted by molar-refractivity contribution is 7.08. The van der Waals surface area contributed by atoms with Gasteiger partial charge in [-0.15, -0.1) is 0 Å². The average molecular weight is 206 g/mol. The molecule has 0 amide bonds. The molecule has 0 unspecified atom stereocenters. The molecule has 0 aromatic carbocycles. The Labute approximate surface area is 79.5 Å². The SMILES string of the molecule is CC(C)OC(=O)c1sncc1Cl. The number of aromatic nitrogens is 1. The van der Waals surface area contributed by atoms with Crippen LogP contribution in [0.25, 0.3) is 0 Å². The highest BCUT2D eigenvalue weighted by atomic mass is 35.5. The number of nitrogens with zero attached hydrogens (tertiary/aromatic N) is 1. The first kappa shape index (κ1) is 9.48. The van der Waals surface area contributed by atoms with Crippen molar-refractivity contribution in [3.63, 3.8) is 0 Å². The summed E-state index contributed by atoms with van der Waals surface area (Å²) in [4.78, 5) is 11.6. The van der Waals surface area contributed by atoms with Crippen LogP contribution < -0.4 is 0 Å². The number of hydrogen-bond acceptors (Lipinski definition) is 4. The minimum absolute atomic E-state index is 0.129. The number of esters is 1. The Kier molecular flexibility index (Phi) is 3.05. The van der Waals surface area contributed by atoms with Crippen LogP contribution in [-0.2, 0) is 4.74 Å². The molecule has 1 aromatic heterocycles. The van der Waals surface area contributed by atoms with Gasteiger partial charge in [0.2, 0.25) is 0 Å².